The van der Waals surface area contributed by atoms with Gasteiger partial charge in [0, 0.05) is 31.6 Å². The van der Waals surface area contributed by atoms with E-state index in [0.29, 0.717) is 44.0 Å². The number of rotatable bonds is 7. The van der Waals surface area contributed by atoms with Crippen molar-refractivity contribution in [3.8, 4) is 5.75 Å². The summed E-state index contributed by atoms with van der Waals surface area (Å²) in [7, 11) is 0. The van der Waals surface area contributed by atoms with Gasteiger partial charge in [0.1, 0.15) is 11.5 Å². The van der Waals surface area contributed by atoms with Crippen LogP contribution in [0, 0.1) is 6.92 Å². The zero-order valence-electron chi connectivity index (χ0n) is 18.9. The van der Waals surface area contributed by atoms with E-state index in [1.165, 1.54) is 5.56 Å². The molecule has 1 aromatic carbocycles. The maximum absolute atomic E-state index is 12.5. The monoisotopic (exact) mass is 427 g/mol. The first-order chi connectivity index (χ1) is 14.7. The number of amides is 2. The minimum absolute atomic E-state index is 0.0490. The molecule has 0 unspecified atom stereocenters. The van der Waals surface area contributed by atoms with Crippen molar-refractivity contribution in [2.24, 2.45) is 0 Å². The second-order valence-corrected chi connectivity index (χ2v) is 9.18. The number of piperidine rings is 1. The van der Waals surface area contributed by atoms with Gasteiger partial charge in [-0.05, 0) is 49.3 Å². The van der Waals surface area contributed by atoms with Crippen LogP contribution in [0.1, 0.15) is 68.3 Å². The fourth-order valence-electron chi connectivity index (χ4n) is 3.63. The molecule has 1 fully saturated rings. The number of carbonyl (C=O) groups excluding carboxylic acids is 2. The van der Waals surface area contributed by atoms with Crippen LogP contribution in [-0.2, 0) is 10.2 Å². The maximum atomic E-state index is 12.5. The fourth-order valence-corrected chi connectivity index (χ4v) is 3.63. The molecule has 0 bridgehead atoms. The largest absolute Gasteiger partial charge is 0.494 e. The van der Waals surface area contributed by atoms with Crippen molar-refractivity contribution < 1.29 is 18.8 Å². The molecular formula is C24H33N3O4. The minimum Gasteiger partial charge on any atom is -0.494 e. The normalized spacial score (nSPS) is 15.0. The van der Waals surface area contributed by atoms with Gasteiger partial charge < -0.3 is 19.5 Å². The Morgan fingerprint density at radius 2 is 1.87 bits per heavy atom. The van der Waals surface area contributed by atoms with Crippen LogP contribution >= 0.6 is 0 Å². The average molecular weight is 428 g/mol. The number of aryl methyl sites for hydroxylation is 1. The van der Waals surface area contributed by atoms with Gasteiger partial charge in [0.25, 0.3) is 5.91 Å². The van der Waals surface area contributed by atoms with Crippen LogP contribution < -0.4 is 10.1 Å². The van der Waals surface area contributed by atoms with E-state index in [2.05, 4.69) is 43.4 Å². The lowest BCUT2D eigenvalue weighted by atomic mass is 9.87. The molecule has 0 spiro atoms. The lowest BCUT2D eigenvalue weighted by molar-refractivity contribution is -0.132. The van der Waals surface area contributed by atoms with E-state index in [1.807, 2.05) is 17.0 Å². The number of aromatic nitrogens is 1. The van der Waals surface area contributed by atoms with Crippen LogP contribution in [0.3, 0.4) is 0 Å². The minimum atomic E-state index is -0.227. The summed E-state index contributed by atoms with van der Waals surface area (Å²) in [6, 6.07) is 9.83. The summed E-state index contributed by atoms with van der Waals surface area (Å²) < 4.78 is 10.7. The van der Waals surface area contributed by atoms with Gasteiger partial charge in [-0.2, -0.15) is 0 Å². The summed E-state index contributed by atoms with van der Waals surface area (Å²) in [6.45, 7) is 10.1. The van der Waals surface area contributed by atoms with Crippen molar-refractivity contribution in [1.82, 2.24) is 15.4 Å². The quantitative estimate of drug-likeness (QED) is 0.678. The number of hydrogen-bond donors (Lipinski definition) is 1. The summed E-state index contributed by atoms with van der Waals surface area (Å²) in [4.78, 5) is 26.5. The van der Waals surface area contributed by atoms with Gasteiger partial charge >= 0.3 is 0 Å². The maximum Gasteiger partial charge on any atom is 0.273 e. The Kier molecular flexibility index (Phi) is 7.36. The number of carbonyl (C=O) groups is 2. The molecule has 31 heavy (non-hydrogen) atoms. The lowest BCUT2D eigenvalue weighted by Gasteiger charge is -2.32. The van der Waals surface area contributed by atoms with Gasteiger partial charge in [-0.15, -0.1) is 0 Å². The molecule has 2 amide bonds. The van der Waals surface area contributed by atoms with Crippen LogP contribution in [0.5, 0.6) is 5.75 Å². The molecule has 1 aromatic heterocycles. The predicted molar refractivity (Wildman–Crippen MR) is 118 cm³/mol. The van der Waals surface area contributed by atoms with Crippen LogP contribution in [0.4, 0.5) is 0 Å². The van der Waals surface area contributed by atoms with Crippen LogP contribution in [0.15, 0.2) is 34.9 Å². The molecule has 0 atom stereocenters. The first-order valence-electron chi connectivity index (χ1n) is 11.0. The van der Waals surface area contributed by atoms with Gasteiger partial charge in [-0.3, -0.25) is 9.59 Å². The summed E-state index contributed by atoms with van der Waals surface area (Å²) in [5, 5.41) is 6.71. The Balaban J connectivity index is 1.33. The SMILES string of the molecule is Cc1cc(C(=O)NC2CCN(C(=O)CCCOc3ccc(C(C)(C)C)cc3)CC2)no1. The summed E-state index contributed by atoms with van der Waals surface area (Å²) in [6.07, 6.45) is 2.63. The van der Waals surface area contributed by atoms with E-state index < -0.39 is 0 Å². The van der Waals surface area contributed by atoms with Crippen molar-refractivity contribution in [3.05, 3.63) is 47.3 Å². The summed E-state index contributed by atoms with van der Waals surface area (Å²) in [5.74, 6) is 1.36. The third-order valence-electron chi connectivity index (χ3n) is 5.57. The average Bonchev–Trinajstić information content (AvgIpc) is 3.18. The van der Waals surface area contributed by atoms with E-state index in [0.717, 1.165) is 18.6 Å². The van der Waals surface area contributed by atoms with Gasteiger partial charge in [-0.1, -0.05) is 38.1 Å². The van der Waals surface area contributed by atoms with E-state index in [4.69, 9.17) is 9.26 Å². The Hall–Kier alpha value is -2.83. The predicted octanol–water partition coefficient (Wildman–Crippen LogP) is 3.86. The molecule has 2 heterocycles. The smallest absolute Gasteiger partial charge is 0.273 e. The molecule has 2 aromatic rings. The molecule has 1 saturated heterocycles. The zero-order valence-corrected chi connectivity index (χ0v) is 18.9. The van der Waals surface area contributed by atoms with E-state index in [1.54, 1.807) is 13.0 Å². The fraction of sp³-hybridized carbons (Fsp3) is 0.542. The van der Waals surface area contributed by atoms with Crippen molar-refractivity contribution in [2.45, 2.75) is 64.8 Å². The Morgan fingerprint density at radius 3 is 2.45 bits per heavy atom. The highest BCUT2D eigenvalue weighted by Crippen LogP contribution is 2.24. The Bertz CT molecular complexity index is 875. The number of likely N-dealkylation sites (tertiary alicyclic amines) is 1. The first kappa shape index (κ1) is 22.8. The third kappa shape index (κ3) is 6.57. The Morgan fingerprint density at radius 1 is 1.19 bits per heavy atom. The molecule has 7 nitrogen and oxygen atoms in total. The standard InChI is InChI=1S/C24H33N3O4/c1-17-16-21(26-31-17)23(29)25-19-11-13-27(14-12-19)22(28)6-5-15-30-20-9-7-18(8-10-20)24(2,3)4/h7-10,16,19H,5-6,11-15H2,1-4H3,(H,25,29). The van der Waals surface area contributed by atoms with Crippen molar-refractivity contribution >= 4 is 11.8 Å². The topological polar surface area (TPSA) is 84.7 Å². The third-order valence-corrected chi connectivity index (χ3v) is 5.57. The highest BCUT2D eigenvalue weighted by molar-refractivity contribution is 5.92. The van der Waals surface area contributed by atoms with Gasteiger partial charge in [0.05, 0.1) is 6.61 Å². The number of nitrogens with zero attached hydrogens (tertiary/aromatic N) is 2. The molecule has 3 rings (SSSR count). The van der Waals surface area contributed by atoms with Crippen molar-refractivity contribution in [2.75, 3.05) is 19.7 Å². The van der Waals surface area contributed by atoms with E-state index in [9.17, 15) is 9.59 Å². The molecule has 7 heteroatoms. The lowest BCUT2D eigenvalue weighted by Crippen LogP contribution is -2.46. The van der Waals surface area contributed by atoms with Gasteiger partial charge in [-0.25, -0.2) is 0 Å². The zero-order chi connectivity index (χ0) is 22.4. The summed E-state index contributed by atoms with van der Waals surface area (Å²) in [5.41, 5.74) is 1.69. The second-order valence-electron chi connectivity index (χ2n) is 9.18. The molecule has 168 valence electrons. The first-order valence-corrected chi connectivity index (χ1v) is 11.0. The number of nitrogens with one attached hydrogen (secondary N) is 1. The van der Waals surface area contributed by atoms with Crippen molar-refractivity contribution in [3.63, 3.8) is 0 Å². The van der Waals surface area contributed by atoms with Crippen LogP contribution in [0.25, 0.3) is 0 Å². The number of hydrogen-bond acceptors (Lipinski definition) is 5. The highest BCUT2D eigenvalue weighted by Gasteiger charge is 2.24. The van der Waals surface area contributed by atoms with E-state index in [-0.39, 0.29) is 23.3 Å². The van der Waals surface area contributed by atoms with Crippen LogP contribution in [0.2, 0.25) is 0 Å². The van der Waals surface area contributed by atoms with Crippen LogP contribution in [-0.4, -0.2) is 47.6 Å². The molecule has 0 saturated carbocycles. The summed E-state index contributed by atoms with van der Waals surface area (Å²) >= 11 is 0. The number of benzene rings is 1. The van der Waals surface area contributed by atoms with Gasteiger partial charge in [0.2, 0.25) is 5.91 Å². The molecule has 1 N–H and O–H groups in total. The molecular weight excluding hydrogens is 394 g/mol. The molecule has 1 aliphatic rings. The van der Waals surface area contributed by atoms with Crippen molar-refractivity contribution in [1.29, 1.82) is 0 Å². The highest BCUT2D eigenvalue weighted by atomic mass is 16.5. The molecule has 1 aliphatic heterocycles. The molecule has 0 radical (unpaired) electrons. The van der Waals surface area contributed by atoms with E-state index >= 15 is 0 Å². The Labute approximate surface area is 184 Å². The van der Waals surface area contributed by atoms with Gasteiger partial charge in [0.15, 0.2) is 5.69 Å². The molecule has 0 aliphatic carbocycles. The number of ether oxygens (including phenoxy) is 1. The second kappa shape index (κ2) is 9.98.